The molecule has 0 bridgehead atoms. The molecule has 1 aromatic rings. The molecule has 14 heteroatoms. The van der Waals surface area contributed by atoms with Gasteiger partial charge >= 0.3 is 18.2 Å². The Kier molecular flexibility index (Phi) is 8.82. The van der Waals surface area contributed by atoms with Crippen LogP contribution in [0.4, 0.5) is 14.0 Å². The lowest BCUT2D eigenvalue weighted by Gasteiger charge is -2.30. The molecule has 3 fully saturated rings. The van der Waals surface area contributed by atoms with E-state index in [0.29, 0.717) is 24.2 Å². The van der Waals surface area contributed by atoms with Gasteiger partial charge in [0.1, 0.15) is 29.5 Å². The SMILES string of the molecule is C=C[C@@H]1CC1(NC(=O)[C@@H]1C[C@@H](OC(=O)N2Cc3cccc(F)c3C2)CN1C(=O)C(NOC(=O)N1CCCC1)C(C)C)C(=O)O. The Morgan fingerprint density at radius 3 is 2.45 bits per heavy atom. The molecule has 238 valence electrons. The highest BCUT2D eigenvalue weighted by Crippen LogP contribution is 2.45. The first-order chi connectivity index (χ1) is 20.9. The van der Waals surface area contributed by atoms with Gasteiger partial charge in [0.2, 0.25) is 11.8 Å². The minimum Gasteiger partial charge on any atom is -0.479 e. The first kappa shape index (κ1) is 31.2. The molecule has 13 nitrogen and oxygen atoms in total. The Balaban J connectivity index is 1.31. The Hall–Kier alpha value is -4.20. The third-order valence-electron chi connectivity index (χ3n) is 8.90. The van der Waals surface area contributed by atoms with Gasteiger partial charge in [-0.2, -0.15) is 0 Å². The maximum Gasteiger partial charge on any atom is 0.428 e. The van der Waals surface area contributed by atoms with Crippen LogP contribution in [0.5, 0.6) is 0 Å². The highest BCUT2D eigenvalue weighted by atomic mass is 19.1. The van der Waals surface area contributed by atoms with Crippen molar-refractivity contribution < 1.29 is 43.0 Å². The summed E-state index contributed by atoms with van der Waals surface area (Å²) in [5.74, 6) is -3.78. The second-order valence-electron chi connectivity index (χ2n) is 12.2. The number of carbonyl (C=O) groups is 5. The van der Waals surface area contributed by atoms with E-state index in [2.05, 4.69) is 17.4 Å². The van der Waals surface area contributed by atoms with Gasteiger partial charge in [0.25, 0.3) is 0 Å². The van der Waals surface area contributed by atoms with E-state index in [4.69, 9.17) is 9.57 Å². The van der Waals surface area contributed by atoms with Crippen molar-refractivity contribution in [1.29, 1.82) is 0 Å². The maximum absolute atomic E-state index is 14.2. The predicted molar refractivity (Wildman–Crippen MR) is 152 cm³/mol. The monoisotopic (exact) mass is 615 g/mol. The first-order valence-corrected chi connectivity index (χ1v) is 14.9. The quantitative estimate of drug-likeness (QED) is 0.280. The third-order valence-corrected chi connectivity index (χ3v) is 8.90. The van der Waals surface area contributed by atoms with E-state index in [9.17, 15) is 33.5 Å². The van der Waals surface area contributed by atoms with Crippen molar-refractivity contribution in [3.63, 3.8) is 0 Å². The number of amides is 4. The zero-order valence-electron chi connectivity index (χ0n) is 24.8. The van der Waals surface area contributed by atoms with Crippen molar-refractivity contribution >= 4 is 30.0 Å². The van der Waals surface area contributed by atoms with Gasteiger partial charge in [-0.05, 0) is 36.8 Å². The minimum atomic E-state index is -1.53. The lowest BCUT2D eigenvalue weighted by molar-refractivity contribution is -0.146. The van der Waals surface area contributed by atoms with Gasteiger partial charge in [0, 0.05) is 37.5 Å². The number of hydroxylamine groups is 1. The highest BCUT2D eigenvalue weighted by molar-refractivity contribution is 5.95. The molecule has 0 aromatic heterocycles. The molecule has 0 radical (unpaired) electrons. The zero-order valence-corrected chi connectivity index (χ0v) is 24.8. The number of carbonyl (C=O) groups excluding carboxylic acids is 4. The maximum atomic E-state index is 14.2. The van der Waals surface area contributed by atoms with E-state index in [-0.39, 0.29) is 38.4 Å². The number of fused-ring (bicyclic) bond motifs is 1. The number of carboxylic acids is 1. The van der Waals surface area contributed by atoms with E-state index in [0.717, 1.165) is 12.8 Å². The molecule has 5 rings (SSSR count). The summed E-state index contributed by atoms with van der Waals surface area (Å²) in [5.41, 5.74) is 2.10. The van der Waals surface area contributed by atoms with Crippen LogP contribution in [-0.4, -0.2) is 93.1 Å². The number of hydrogen-bond donors (Lipinski definition) is 3. The predicted octanol–water partition coefficient (Wildman–Crippen LogP) is 2.15. The normalized spacial score (nSPS) is 26.3. The molecule has 3 N–H and O–H groups in total. The first-order valence-electron chi connectivity index (χ1n) is 14.9. The summed E-state index contributed by atoms with van der Waals surface area (Å²) in [7, 11) is 0. The molecule has 2 saturated heterocycles. The van der Waals surface area contributed by atoms with E-state index in [1.54, 1.807) is 26.0 Å². The molecule has 4 aliphatic rings. The van der Waals surface area contributed by atoms with Crippen molar-refractivity contribution in [2.75, 3.05) is 19.6 Å². The van der Waals surface area contributed by atoms with Crippen LogP contribution in [0.25, 0.3) is 0 Å². The molecule has 1 aromatic carbocycles. The van der Waals surface area contributed by atoms with Crippen molar-refractivity contribution in [3.05, 3.63) is 47.8 Å². The molecule has 5 atom stereocenters. The number of likely N-dealkylation sites (tertiary alicyclic amines) is 2. The summed E-state index contributed by atoms with van der Waals surface area (Å²) in [4.78, 5) is 74.4. The van der Waals surface area contributed by atoms with Crippen molar-refractivity contribution in [3.8, 4) is 0 Å². The highest BCUT2D eigenvalue weighted by Gasteiger charge is 2.61. The molecule has 3 heterocycles. The van der Waals surface area contributed by atoms with E-state index < -0.39 is 65.4 Å². The Morgan fingerprint density at radius 2 is 1.84 bits per heavy atom. The average Bonchev–Trinajstić information content (AvgIpc) is 3.43. The number of carboxylic acid groups (broad SMARTS) is 1. The molecular formula is C30H38FN5O8. The number of halogens is 1. The average molecular weight is 616 g/mol. The number of nitrogens with one attached hydrogen (secondary N) is 2. The molecule has 1 aliphatic carbocycles. The van der Waals surface area contributed by atoms with Gasteiger partial charge in [-0.3, -0.25) is 14.5 Å². The van der Waals surface area contributed by atoms with Crippen molar-refractivity contribution in [2.45, 2.75) is 76.3 Å². The van der Waals surface area contributed by atoms with E-state index in [1.165, 1.54) is 26.8 Å². The number of ether oxygens (including phenoxy) is 1. The summed E-state index contributed by atoms with van der Waals surface area (Å²) in [5, 5.41) is 12.4. The van der Waals surface area contributed by atoms with Gasteiger partial charge in [0.15, 0.2) is 0 Å². The minimum absolute atomic E-state index is 0.0198. The molecule has 2 unspecified atom stereocenters. The fourth-order valence-corrected chi connectivity index (χ4v) is 6.15. The lowest BCUT2D eigenvalue weighted by atomic mass is 10.0. The van der Waals surface area contributed by atoms with Gasteiger partial charge in [-0.1, -0.05) is 32.1 Å². The topological polar surface area (TPSA) is 158 Å². The van der Waals surface area contributed by atoms with Gasteiger partial charge in [0.05, 0.1) is 13.1 Å². The molecule has 4 amide bonds. The lowest BCUT2D eigenvalue weighted by Crippen LogP contribution is -2.57. The standard InChI is InChI=1S/C30H38FN5O8/c1-4-19-13-30(19,27(39)40)32-25(37)23-12-20(43-28(41)35-14-18-8-7-9-22(31)21(18)16-35)15-36(23)26(38)24(17(2)3)33-44-29(42)34-10-5-6-11-34/h4,7-9,17,19-20,23-24,33H,1,5-6,10-16H2,2-3H3,(H,32,37)(H,39,40)/t19-,20-,23+,24?,30?/m1/s1. The largest absolute Gasteiger partial charge is 0.479 e. The van der Waals surface area contributed by atoms with Gasteiger partial charge < -0.3 is 29.8 Å². The summed E-state index contributed by atoms with van der Waals surface area (Å²) >= 11 is 0. The number of rotatable bonds is 9. The fourth-order valence-electron chi connectivity index (χ4n) is 6.15. The van der Waals surface area contributed by atoms with Crippen LogP contribution in [-0.2, 0) is 37.0 Å². The second-order valence-corrected chi connectivity index (χ2v) is 12.2. The van der Waals surface area contributed by atoms with E-state index in [1.807, 2.05) is 0 Å². The molecule has 1 saturated carbocycles. The van der Waals surface area contributed by atoms with Crippen LogP contribution in [0.1, 0.15) is 50.7 Å². The van der Waals surface area contributed by atoms with E-state index >= 15 is 0 Å². The number of benzene rings is 1. The fraction of sp³-hybridized carbons (Fsp3) is 0.567. The van der Waals surface area contributed by atoms with Gasteiger partial charge in [-0.25, -0.2) is 18.8 Å². The summed E-state index contributed by atoms with van der Waals surface area (Å²) in [6.45, 7) is 8.23. The van der Waals surface area contributed by atoms with Crippen LogP contribution in [0.3, 0.4) is 0 Å². The van der Waals surface area contributed by atoms with Gasteiger partial charge in [-0.15, -0.1) is 12.1 Å². The molecule has 0 spiro atoms. The van der Waals surface area contributed by atoms with Crippen LogP contribution >= 0.6 is 0 Å². The number of aliphatic carboxylic acids is 1. The van der Waals surface area contributed by atoms with Crippen LogP contribution < -0.4 is 10.8 Å². The summed E-state index contributed by atoms with van der Waals surface area (Å²) in [6, 6.07) is 2.39. The van der Waals surface area contributed by atoms with Crippen LogP contribution in [0.15, 0.2) is 30.9 Å². The van der Waals surface area contributed by atoms with Crippen molar-refractivity contribution in [1.82, 2.24) is 25.5 Å². The Labute approximate surface area is 254 Å². The molecular weight excluding hydrogens is 577 g/mol. The van der Waals surface area contributed by atoms with Crippen LogP contribution in [0.2, 0.25) is 0 Å². The number of hydrogen-bond acceptors (Lipinski definition) is 8. The zero-order chi connectivity index (χ0) is 31.8. The smallest absolute Gasteiger partial charge is 0.428 e. The summed E-state index contributed by atoms with van der Waals surface area (Å²) < 4.78 is 20.0. The van der Waals surface area contributed by atoms with Crippen molar-refractivity contribution in [2.24, 2.45) is 11.8 Å². The second kappa shape index (κ2) is 12.4. The third kappa shape index (κ3) is 6.07. The Bertz CT molecular complexity index is 1350. The van der Waals surface area contributed by atoms with Crippen LogP contribution in [0, 0.1) is 17.7 Å². The number of nitrogens with zero attached hydrogens (tertiary/aromatic N) is 3. The Morgan fingerprint density at radius 1 is 1.11 bits per heavy atom. The summed E-state index contributed by atoms with van der Waals surface area (Å²) in [6.07, 6.45) is 0.986. The molecule has 3 aliphatic heterocycles. The molecule has 44 heavy (non-hydrogen) atoms.